The minimum atomic E-state index is 1.25. The molecule has 0 nitrogen and oxygen atoms in total. The van der Waals surface area contributed by atoms with E-state index in [1.807, 2.05) is 0 Å². The van der Waals surface area contributed by atoms with Gasteiger partial charge in [0, 0.05) is 0 Å². The molecule has 1 aliphatic carbocycles. The van der Waals surface area contributed by atoms with E-state index in [2.05, 4.69) is 25.0 Å². The first-order valence-corrected chi connectivity index (χ1v) is 1.48. The second-order valence-corrected chi connectivity index (χ2v) is 0.707. The Morgan fingerprint density at radius 1 is 1.20 bits per heavy atom. The van der Waals surface area contributed by atoms with Gasteiger partial charge >= 0.3 is 0 Å². The van der Waals surface area contributed by atoms with E-state index in [0.717, 1.165) is 0 Å². The predicted octanol–water partition coefficient (Wildman–Crippen LogP) is 1.20. The highest BCUT2D eigenvalue weighted by Gasteiger charge is 1.75. The minimum Gasteiger partial charge on any atom is -0.124 e. The van der Waals surface area contributed by atoms with Crippen molar-refractivity contribution in [2.75, 3.05) is 0 Å². The molecule has 0 heterocycles. The Hall–Kier alpha value is -0.700. The van der Waals surface area contributed by atoms with Crippen LogP contribution in [-0.4, -0.2) is 0 Å². The lowest BCUT2D eigenvalue weighted by atomic mass is 10.9. The molecule has 5 heavy (non-hydrogen) atoms. The molecule has 0 saturated carbocycles. The Morgan fingerprint density at radius 2 is 1.40 bits per heavy atom. The molecular weight excluding hydrogens is 60.1 g/mol. The fourth-order valence-electron chi connectivity index (χ4n) is 0. The lowest BCUT2D eigenvalue weighted by Crippen LogP contribution is -0.956. The van der Waals surface area contributed by atoms with E-state index in [4.69, 9.17) is 0 Å². The van der Waals surface area contributed by atoms with Crippen molar-refractivity contribution in [2.45, 2.75) is 6.42 Å². The van der Waals surface area contributed by atoms with E-state index >= 15 is 0 Å². The first-order chi connectivity index (χ1) is 2.50. The normalized spacial score (nSPS) is 11.6. The first-order valence-electron chi connectivity index (χ1n) is 1.48. The van der Waals surface area contributed by atoms with Crippen LogP contribution in [0.1, 0.15) is 6.42 Å². The summed E-state index contributed by atoms with van der Waals surface area (Å²) in [5.74, 6) is 0. The van der Waals surface area contributed by atoms with Crippen molar-refractivity contribution in [3.8, 4) is 12.8 Å². The molecule has 0 saturated heterocycles. The van der Waals surface area contributed by atoms with E-state index in [9.17, 15) is 0 Å². The maximum atomic E-state index is 4.00. The summed E-state index contributed by atoms with van der Waals surface area (Å²) in [7, 11) is 0. The highest BCUT2D eigenvalue weighted by atomic mass is 13.8. The third-order valence-corrected chi connectivity index (χ3v) is 0.236. The van der Waals surface area contributed by atoms with Gasteiger partial charge in [-0.15, -0.1) is 12.8 Å². The molecule has 0 atom stereocenters. The minimum absolute atomic E-state index is 1.25. The van der Waals surface area contributed by atoms with Gasteiger partial charge in [-0.05, 0) is 6.42 Å². The average Bonchev–Trinajstić information content (AvgIpc) is 2.19. The van der Waals surface area contributed by atoms with Crippen LogP contribution in [0.15, 0.2) is 12.2 Å². The van der Waals surface area contributed by atoms with E-state index in [-0.39, 0.29) is 0 Å². The van der Waals surface area contributed by atoms with Crippen LogP contribution in [0, 0.1) is 12.8 Å². The molecule has 0 bridgehead atoms. The molecule has 0 amide bonds. The SMILES string of the molecule is C#C.C1=CC1. The second kappa shape index (κ2) is 3.30. The van der Waals surface area contributed by atoms with Crippen molar-refractivity contribution in [1.29, 1.82) is 0 Å². The van der Waals surface area contributed by atoms with Crippen LogP contribution >= 0.6 is 0 Å². The molecule has 0 N–H and O–H groups in total. The molecule has 0 unspecified atom stereocenters. The summed E-state index contributed by atoms with van der Waals surface area (Å²) in [6, 6.07) is 0. The Bertz CT molecular complexity index is 44.3. The molecule has 0 spiro atoms. The van der Waals surface area contributed by atoms with E-state index in [1.54, 1.807) is 0 Å². The molecule has 0 heteroatoms. The lowest BCUT2D eigenvalue weighted by Gasteiger charge is -1.15. The Kier molecular flexibility index (Phi) is 2.84. The van der Waals surface area contributed by atoms with Gasteiger partial charge in [-0.1, -0.05) is 12.2 Å². The van der Waals surface area contributed by atoms with Gasteiger partial charge in [0.05, 0.1) is 0 Å². The molecule has 1 aliphatic rings. The third-order valence-electron chi connectivity index (χ3n) is 0.236. The highest BCUT2D eigenvalue weighted by molar-refractivity contribution is 5.02. The Labute approximate surface area is 32.5 Å². The van der Waals surface area contributed by atoms with Gasteiger partial charge in [-0.2, -0.15) is 0 Å². The van der Waals surface area contributed by atoms with Gasteiger partial charge in [0.25, 0.3) is 0 Å². The first kappa shape index (κ1) is 4.30. The summed E-state index contributed by atoms with van der Waals surface area (Å²) >= 11 is 0. The Morgan fingerprint density at radius 3 is 1.40 bits per heavy atom. The number of rotatable bonds is 0. The summed E-state index contributed by atoms with van der Waals surface area (Å²) < 4.78 is 0. The predicted molar refractivity (Wildman–Crippen MR) is 23.6 cm³/mol. The van der Waals surface area contributed by atoms with Crippen LogP contribution in [0.3, 0.4) is 0 Å². The molecule has 0 fully saturated rings. The van der Waals surface area contributed by atoms with Gasteiger partial charge in [0.15, 0.2) is 0 Å². The van der Waals surface area contributed by atoms with Gasteiger partial charge < -0.3 is 0 Å². The zero-order valence-electron chi connectivity index (χ0n) is 3.02. The van der Waals surface area contributed by atoms with Crippen molar-refractivity contribution in [3.05, 3.63) is 12.2 Å². The maximum Gasteiger partial charge on any atom is -0.0169 e. The molecular formula is C5H6. The van der Waals surface area contributed by atoms with Crippen molar-refractivity contribution in [3.63, 3.8) is 0 Å². The fraction of sp³-hybridized carbons (Fsp3) is 0.200. The monoisotopic (exact) mass is 66.0 g/mol. The summed E-state index contributed by atoms with van der Waals surface area (Å²) in [5.41, 5.74) is 0. The van der Waals surface area contributed by atoms with Gasteiger partial charge in [0.1, 0.15) is 0 Å². The molecule has 1 rings (SSSR count). The average molecular weight is 66.1 g/mol. The van der Waals surface area contributed by atoms with E-state index < -0.39 is 0 Å². The van der Waals surface area contributed by atoms with Crippen LogP contribution in [0.5, 0.6) is 0 Å². The van der Waals surface area contributed by atoms with Crippen LogP contribution in [0.2, 0.25) is 0 Å². The van der Waals surface area contributed by atoms with Crippen LogP contribution in [0.4, 0.5) is 0 Å². The Balaban J connectivity index is 0.0000000733. The molecule has 0 aliphatic heterocycles. The van der Waals surface area contributed by atoms with Crippen LogP contribution in [-0.2, 0) is 0 Å². The molecule has 0 radical (unpaired) electrons. The van der Waals surface area contributed by atoms with Gasteiger partial charge in [0.2, 0.25) is 0 Å². The van der Waals surface area contributed by atoms with Gasteiger partial charge in [-0.3, -0.25) is 0 Å². The third kappa shape index (κ3) is 62.0. The summed E-state index contributed by atoms with van der Waals surface area (Å²) in [5, 5.41) is 0. The molecule has 0 aromatic heterocycles. The zero-order chi connectivity index (χ0) is 4.12. The topological polar surface area (TPSA) is 0 Å². The number of hydrogen-bond donors (Lipinski definition) is 0. The van der Waals surface area contributed by atoms with Crippen LogP contribution < -0.4 is 0 Å². The fourth-order valence-corrected chi connectivity index (χ4v) is 0. The smallest absolute Gasteiger partial charge is 0.0169 e. The largest absolute Gasteiger partial charge is 0.124 e. The lowest BCUT2D eigenvalue weighted by molar-refractivity contribution is 1.71. The van der Waals surface area contributed by atoms with Crippen molar-refractivity contribution in [2.24, 2.45) is 0 Å². The van der Waals surface area contributed by atoms with Gasteiger partial charge in [-0.25, -0.2) is 0 Å². The van der Waals surface area contributed by atoms with Crippen molar-refractivity contribution < 1.29 is 0 Å². The molecule has 26 valence electrons. The zero-order valence-corrected chi connectivity index (χ0v) is 3.02. The summed E-state index contributed by atoms with van der Waals surface area (Å²) in [6.07, 6.45) is 13.5. The van der Waals surface area contributed by atoms with Crippen molar-refractivity contribution >= 4 is 0 Å². The van der Waals surface area contributed by atoms with E-state index in [1.165, 1.54) is 6.42 Å². The molecule has 0 aromatic carbocycles. The summed E-state index contributed by atoms with van der Waals surface area (Å²) in [6.45, 7) is 0. The standard InChI is InChI=1S/C3H4.C2H2/c1-2-3-1;1-2/h1-2H,3H2;1-2H. The number of terminal acetylenes is 1. The highest BCUT2D eigenvalue weighted by Crippen LogP contribution is 1.96. The van der Waals surface area contributed by atoms with Crippen molar-refractivity contribution in [1.82, 2.24) is 0 Å². The molecule has 0 aromatic rings. The number of hydrogen-bond acceptors (Lipinski definition) is 0. The van der Waals surface area contributed by atoms with E-state index in [0.29, 0.717) is 0 Å². The second-order valence-electron chi connectivity index (χ2n) is 0.707. The maximum absolute atomic E-state index is 4.00. The quantitative estimate of drug-likeness (QED) is 0.294. The number of allylic oxidation sites excluding steroid dienone is 2. The summed E-state index contributed by atoms with van der Waals surface area (Å²) in [4.78, 5) is 0. The van der Waals surface area contributed by atoms with Crippen LogP contribution in [0.25, 0.3) is 0 Å².